The van der Waals surface area contributed by atoms with Crippen LogP contribution in [0.25, 0.3) is 5.52 Å². The SMILES string of the molecule is NN1CC=CN1Cc1cc(Cl)c2c(Cl)ncn2c1N1CCCC1. The molecule has 0 radical (unpaired) electrons. The Labute approximate surface area is 144 Å². The highest BCUT2D eigenvalue weighted by Crippen LogP contribution is 2.34. The summed E-state index contributed by atoms with van der Waals surface area (Å²) in [5.74, 6) is 7.10. The van der Waals surface area contributed by atoms with Crippen molar-refractivity contribution in [1.29, 1.82) is 0 Å². The summed E-state index contributed by atoms with van der Waals surface area (Å²) in [6.07, 6.45) is 8.16. The summed E-state index contributed by atoms with van der Waals surface area (Å²) < 4.78 is 2.01. The second kappa shape index (κ2) is 5.87. The maximum absolute atomic E-state index is 6.46. The molecule has 2 aliphatic heterocycles. The molecule has 0 atom stereocenters. The van der Waals surface area contributed by atoms with Crippen LogP contribution in [-0.2, 0) is 6.54 Å². The van der Waals surface area contributed by atoms with Crippen LogP contribution in [0.4, 0.5) is 5.82 Å². The van der Waals surface area contributed by atoms with Crippen LogP contribution in [0.3, 0.4) is 0 Å². The average molecular weight is 353 g/mol. The fourth-order valence-electron chi connectivity index (χ4n) is 3.33. The van der Waals surface area contributed by atoms with Gasteiger partial charge in [0, 0.05) is 24.9 Å². The first kappa shape index (κ1) is 15.1. The number of nitrogens with two attached hydrogens (primary N) is 1. The number of pyridine rings is 1. The average Bonchev–Trinajstić information content (AvgIpc) is 3.23. The molecule has 23 heavy (non-hydrogen) atoms. The largest absolute Gasteiger partial charge is 0.357 e. The van der Waals surface area contributed by atoms with E-state index in [-0.39, 0.29) is 0 Å². The van der Waals surface area contributed by atoms with Gasteiger partial charge in [-0.2, -0.15) is 5.12 Å². The van der Waals surface area contributed by atoms with E-state index in [1.807, 2.05) is 27.8 Å². The fourth-order valence-corrected chi connectivity index (χ4v) is 3.92. The number of aromatic nitrogens is 2. The molecule has 6 nitrogen and oxygen atoms in total. The van der Waals surface area contributed by atoms with Crippen molar-refractivity contribution in [2.24, 2.45) is 5.84 Å². The van der Waals surface area contributed by atoms with Gasteiger partial charge in [0.25, 0.3) is 0 Å². The molecule has 1 saturated heterocycles. The molecule has 4 heterocycles. The van der Waals surface area contributed by atoms with Crippen molar-refractivity contribution >= 4 is 34.5 Å². The summed E-state index contributed by atoms with van der Waals surface area (Å²) in [5, 5.41) is 4.71. The van der Waals surface area contributed by atoms with Crippen molar-refractivity contribution < 1.29 is 0 Å². The van der Waals surface area contributed by atoms with Gasteiger partial charge in [0.15, 0.2) is 5.15 Å². The van der Waals surface area contributed by atoms with Crippen LogP contribution in [0.1, 0.15) is 18.4 Å². The zero-order valence-electron chi connectivity index (χ0n) is 12.6. The molecule has 2 aliphatic rings. The first-order valence-corrected chi connectivity index (χ1v) is 8.45. The summed E-state index contributed by atoms with van der Waals surface area (Å²) >= 11 is 12.7. The van der Waals surface area contributed by atoms with E-state index in [0.717, 1.165) is 30.0 Å². The molecule has 0 aliphatic carbocycles. The van der Waals surface area contributed by atoms with Gasteiger partial charge in [-0.1, -0.05) is 23.2 Å². The smallest absolute Gasteiger partial charge is 0.156 e. The summed E-state index contributed by atoms with van der Waals surface area (Å²) in [6.45, 7) is 3.43. The molecule has 0 bridgehead atoms. The third-order valence-electron chi connectivity index (χ3n) is 4.40. The number of anilines is 1. The maximum Gasteiger partial charge on any atom is 0.156 e. The van der Waals surface area contributed by atoms with E-state index in [0.29, 0.717) is 23.3 Å². The minimum absolute atomic E-state index is 0.434. The molecule has 2 aromatic heterocycles. The van der Waals surface area contributed by atoms with E-state index in [2.05, 4.69) is 9.88 Å². The van der Waals surface area contributed by atoms with E-state index in [4.69, 9.17) is 29.0 Å². The number of hydrazine groups is 2. The van der Waals surface area contributed by atoms with E-state index >= 15 is 0 Å². The predicted molar refractivity (Wildman–Crippen MR) is 92.2 cm³/mol. The Morgan fingerprint density at radius 2 is 2.00 bits per heavy atom. The summed E-state index contributed by atoms with van der Waals surface area (Å²) in [6, 6.07) is 1.98. The minimum atomic E-state index is 0.434. The van der Waals surface area contributed by atoms with Crippen molar-refractivity contribution in [2.45, 2.75) is 19.4 Å². The van der Waals surface area contributed by atoms with Crippen LogP contribution in [0.15, 0.2) is 24.7 Å². The Morgan fingerprint density at radius 1 is 1.22 bits per heavy atom. The number of hydrogen-bond donors (Lipinski definition) is 1. The monoisotopic (exact) mass is 352 g/mol. The second-order valence-electron chi connectivity index (χ2n) is 5.89. The summed E-state index contributed by atoms with van der Waals surface area (Å²) in [7, 11) is 0. The number of halogens is 2. The van der Waals surface area contributed by atoms with Crippen LogP contribution in [0.5, 0.6) is 0 Å². The van der Waals surface area contributed by atoms with Gasteiger partial charge in [-0.3, -0.25) is 15.3 Å². The Morgan fingerprint density at radius 3 is 2.70 bits per heavy atom. The molecular weight excluding hydrogens is 335 g/mol. The quantitative estimate of drug-likeness (QED) is 0.860. The van der Waals surface area contributed by atoms with Crippen molar-refractivity contribution in [2.75, 3.05) is 24.5 Å². The van der Waals surface area contributed by atoms with Gasteiger partial charge in [-0.25, -0.2) is 4.98 Å². The zero-order chi connectivity index (χ0) is 16.0. The number of rotatable bonds is 3. The minimum Gasteiger partial charge on any atom is -0.357 e. The van der Waals surface area contributed by atoms with Gasteiger partial charge >= 0.3 is 0 Å². The molecule has 0 spiro atoms. The van der Waals surface area contributed by atoms with Crippen LogP contribution in [0.2, 0.25) is 10.2 Å². The van der Waals surface area contributed by atoms with Crippen molar-refractivity contribution in [1.82, 2.24) is 19.5 Å². The standard InChI is InChI=1S/C15H18Cl2N6/c16-12-8-11(9-21-6-3-7-23(21)18)15(20-4-1-2-5-20)22-10-19-14(17)13(12)22/h3,6,8,10H,1-2,4-5,7,9,18H2. The highest BCUT2D eigenvalue weighted by atomic mass is 35.5. The molecule has 2 aromatic rings. The molecule has 0 amide bonds. The Balaban J connectivity index is 1.84. The lowest BCUT2D eigenvalue weighted by Gasteiger charge is -2.28. The molecule has 1 fully saturated rings. The van der Waals surface area contributed by atoms with Crippen LogP contribution in [0, 0.1) is 0 Å². The highest BCUT2D eigenvalue weighted by Gasteiger charge is 2.24. The predicted octanol–water partition coefficient (Wildman–Crippen LogP) is 2.66. The molecule has 122 valence electrons. The number of imidazole rings is 1. The van der Waals surface area contributed by atoms with E-state index in [1.165, 1.54) is 12.8 Å². The lowest BCUT2D eigenvalue weighted by molar-refractivity contribution is 0.0440. The van der Waals surface area contributed by atoms with Crippen LogP contribution < -0.4 is 10.7 Å². The number of hydrogen-bond acceptors (Lipinski definition) is 5. The summed E-state index contributed by atoms with van der Waals surface area (Å²) in [4.78, 5) is 6.60. The van der Waals surface area contributed by atoms with E-state index in [9.17, 15) is 0 Å². The molecule has 4 rings (SSSR count). The van der Waals surface area contributed by atoms with Crippen molar-refractivity contribution in [3.63, 3.8) is 0 Å². The van der Waals surface area contributed by atoms with Gasteiger partial charge in [0.05, 0.1) is 18.1 Å². The van der Waals surface area contributed by atoms with E-state index in [1.54, 1.807) is 11.4 Å². The first-order valence-electron chi connectivity index (χ1n) is 7.69. The first-order chi connectivity index (χ1) is 11.1. The number of nitrogens with zero attached hydrogens (tertiary/aromatic N) is 5. The van der Waals surface area contributed by atoms with Gasteiger partial charge in [0.2, 0.25) is 0 Å². The molecule has 8 heteroatoms. The highest BCUT2D eigenvalue weighted by molar-refractivity contribution is 6.39. The fraction of sp³-hybridized carbons (Fsp3) is 0.400. The topological polar surface area (TPSA) is 53.0 Å². The van der Waals surface area contributed by atoms with Crippen LogP contribution in [-0.4, -0.2) is 39.1 Å². The third kappa shape index (κ3) is 2.55. The Hall–Kier alpha value is -1.47. The third-order valence-corrected chi connectivity index (χ3v) is 4.97. The molecule has 0 aromatic carbocycles. The molecule has 0 saturated carbocycles. The lowest BCUT2D eigenvalue weighted by atomic mass is 10.2. The maximum atomic E-state index is 6.46. The van der Waals surface area contributed by atoms with Gasteiger partial charge < -0.3 is 4.90 Å². The van der Waals surface area contributed by atoms with Crippen LogP contribution >= 0.6 is 23.2 Å². The van der Waals surface area contributed by atoms with E-state index < -0.39 is 0 Å². The van der Waals surface area contributed by atoms with Crippen molar-refractivity contribution in [3.8, 4) is 0 Å². The summed E-state index contributed by atoms with van der Waals surface area (Å²) in [5.41, 5.74) is 1.88. The normalized spacial score (nSPS) is 18.7. The van der Waals surface area contributed by atoms with Gasteiger partial charge in [-0.15, -0.1) is 0 Å². The van der Waals surface area contributed by atoms with Gasteiger partial charge in [0.1, 0.15) is 17.7 Å². The Kier molecular flexibility index (Phi) is 3.85. The van der Waals surface area contributed by atoms with Gasteiger partial charge in [-0.05, 0) is 25.0 Å². The molecular formula is C15H18Cl2N6. The van der Waals surface area contributed by atoms with Crippen molar-refractivity contribution in [3.05, 3.63) is 40.4 Å². The second-order valence-corrected chi connectivity index (χ2v) is 6.66. The lowest BCUT2D eigenvalue weighted by Crippen LogP contribution is -2.40. The Bertz CT molecular complexity index is 765. The zero-order valence-corrected chi connectivity index (χ0v) is 14.1. The molecule has 0 unspecified atom stereocenters. The molecule has 2 N–H and O–H groups in total. The number of fused-ring (bicyclic) bond motifs is 1.